The lowest BCUT2D eigenvalue weighted by Gasteiger charge is -2.15. The third-order valence-corrected chi connectivity index (χ3v) is 2.58. The van der Waals surface area contributed by atoms with E-state index < -0.39 is 22.7 Å². The summed E-state index contributed by atoms with van der Waals surface area (Å²) in [5, 5.41) is 0. The average molecular weight is 241 g/mol. The van der Waals surface area contributed by atoms with Gasteiger partial charge in [-0.2, -0.15) is 0 Å². The van der Waals surface area contributed by atoms with Crippen molar-refractivity contribution in [2.75, 3.05) is 0 Å². The Bertz CT molecular complexity index is 258. The van der Waals surface area contributed by atoms with Crippen LogP contribution in [-0.2, 0) is 22.5 Å². The largest absolute Gasteiger partial charge is 0.456 e. The van der Waals surface area contributed by atoms with Crippen LogP contribution in [0.1, 0.15) is 0 Å². The molecule has 0 saturated carbocycles. The maximum absolute atomic E-state index is 10.9. The van der Waals surface area contributed by atoms with Crippen molar-refractivity contribution >= 4 is 45.5 Å². The molecule has 0 bridgehead atoms. The molecule has 0 radical (unpaired) electrons. The van der Waals surface area contributed by atoms with Crippen LogP contribution in [0.4, 0.5) is 0 Å². The minimum atomic E-state index is -4.74. The van der Waals surface area contributed by atoms with E-state index in [9.17, 15) is 9.13 Å². The van der Waals surface area contributed by atoms with Crippen molar-refractivity contribution in [2.45, 2.75) is 0 Å². The van der Waals surface area contributed by atoms with Crippen molar-refractivity contribution < 1.29 is 37.1 Å². The molecule has 0 fully saturated rings. The zero-order valence-corrected chi connectivity index (χ0v) is 9.35. The summed E-state index contributed by atoms with van der Waals surface area (Å²) in [4.78, 5) is 25.5. The highest BCUT2D eigenvalue weighted by atomic mass is 31.2. The first-order valence-electron chi connectivity index (χ1n) is 3.56. The molecule has 0 aliphatic carbocycles. The second-order valence-electron chi connectivity index (χ2n) is 2.16. The standard InChI is InChI=1S/B4H8O8P2/c1-3-10-14(8,9)12-4(2)11-13(5,6)7/h3H,1-2H2,(H,8,9)(H2,5,6,7). The monoisotopic (exact) mass is 242 g/mol. The van der Waals surface area contributed by atoms with Crippen molar-refractivity contribution in [3.63, 3.8) is 0 Å². The molecule has 0 amide bonds. The van der Waals surface area contributed by atoms with Gasteiger partial charge in [0.15, 0.2) is 7.74 Å². The lowest BCUT2D eigenvalue weighted by molar-refractivity contribution is 0.251. The molecule has 78 valence electrons. The van der Waals surface area contributed by atoms with Gasteiger partial charge in [0, 0.05) is 0 Å². The first kappa shape index (κ1) is 14.5. The highest BCUT2D eigenvalue weighted by Crippen LogP contribution is 2.45. The Balaban J connectivity index is 4.12. The molecule has 0 aromatic rings. The first-order chi connectivity index (χ1) is 6.16. The summed E-state index contributed by atoms with van der Waals surface area (Å²) >= 11 is 0. The Hall–Kier alpha value is 0.480. The summed E-state index contributed by atoms with van der Waals surface area (Å²) in [6, 6.07) is 0. The lowest BCUT2D eigenvalue weighted by atomic mass is 9.64. The Morgan fingerprint density at radius 1 is 1.21 bits per heavy atom. The second-order valence-corrected chi connectivity index (χ2v) is 4.75. The van der Waals surface area contributed by atoms with Gasteiger partial charge in [-0.3, -0.25) is 0 Å². The van der Waals surface area contributed by atoms with Crippen LogP contribution in [0.2, 0.25) is 0 Å². The van der Waals surface area contributed by atoms with Crippen LogP contribution < -0.4 is 0 Å². The van der Waals surface area contributed by atoms with Gasteiger partial charge in [0.2, 0.25) is 7.37 Å². The van der Waals surface area contributed by atoms with E-state index in [1.54, 1.807) is 0 Å². The molecule has 0 aliphatic heterocycles. The van der Waals surface area contributed by atoms with E-state index in [4.69, 9.17) is 14.7 Å². The van der Waals surface area contributed by atoms with Crippen LogP contribution in [0.5, 0.6) is 0 Å². The Morgan fingerprint density at radius 3 is 2.07 bits per heavy atom. The van der Waals surface area contributed by atoms with Gasteiger partial charge in [0.1, 0.15) is 7.74 Å². The summed E-state index contributed by atoms with van der Waals surface area (Å²) in [5.41, 5.74) is 0. The fraction of sp³-hybridized carbons (Fsp3) is 0. The predicted molar refractivity (Wildman–Crippen MR) is 55.1 cm³/mol. The number of rotatable bonds is 6. The molecular weight excluding hydrogens is 233 g/mol. The summed E-state index contributed by atoms with van der Waals surface area (Å²) in [7, 11) is -8.14. The minimum Gasteiger partial charge on any atom is -0.365 e. The van der Waals surface area contributed by atoms with Crippen LogP contribution >= 0.6 is 15.6 Å². The van der Waals surface area contributed by atoms with Crippen LogP contribution in [0.15, 0.2) is 0 Å². The van der Waals surface area contributed by atoms with E-state index in [2.05, 4.69) is 13.3 Å². The third-order valence-electron chi connectivity index (χ3n) is 0.860. The topological polar surface area (TPSA) is 123 Å². The molecule has 14 heteroatoms. The molecule has 0 spiro atoms. The van der Waals surface area contributed by atoms with Crippen molar-refractivity contribution in [1.29, 1.82) is 0 Å². The maximum atomic E-state index is 10.9. The lowest BCUT2D eigenvalue weighted by Crippen LogP contribution is -2.21. The van der Waals surface area contributed by atoms with Gasteiger partial charge in [0.25, 0.3) is 0 Å². The zero-order chi connectivity index (χ0) is 11.4. The number of phosphoric acid groups is 2. The molecule has 0 aromatic heterocycles. The van der Waals surface area contributed by atoms with Crippen LogP contribution in [0, 0.1) is 0 Å². The molecule has 0 aliphatic rings. The van der Waals surface area contributed by atoms with Crippen molar-refractivity contribution in [3.05, 3.63) is 0 Å². The molecule has 0 aromatic carbocycles. The number of hydrogen-bond acceptors (Lipinski definition) is 5. The van der Waals surface area contributed by atoms with Gasteiger partial charge >= 0.3 is 22.7 Å². The van der Waals surface area contributed by atoms with Gasteiger partial charge in [-0.15, -0.1) is 0 Å². The van der Waals surface area contributed by atoms with E-state index in [-0.39, 0.29) is 7.37 Å². The SMILES string of the molecule is BBOP(=O)(O)OB(B)OP(=O)(O)O. The minimum absolute atomic E-state index is 0.0730. The van der Waals surface area contributed by atoms with Gasteiger partial charge in [-0.25, -0.2) is 9.13 Å². The first-order valence-corrected chi connectivity index (χ1v) is 6.58. The van der Waals surface area contributed by atoms with Crippen molar-refractivity contribution in [3.8, 4) is 0 Å². The Kier molecular flexibility index (Phi) is 5.72. The smallest absolute Gasteiger partial charge is 0.365 e. The second kappa shape index (κ2) is 5.53. The van der Waals surface area contributed by atoms with Gasteiger partial charge in [0.05, 0.1) is 0 Å². The van der Waals surface area contributed by atoms with Crippen LogP contribution in [0.3, 0.4) is 0 Å². The average Bonchev–Trinajstić information content (AvgIpc) is 1.78. The van der Waals surface area contributed by atoms with Crippen molar-refractivity contribution in [1.82, 2.24) is 0 Å². The summed E-state index contributed by atoms with van der Waals surface area (Å²) in [6.07, 6.45) is 0. The van der Waals surface area contributed by atoms with Gasteiger partial charge in [-0.1, -0.05) is 0 Å². The van der Waals surface area contributed by atoms with E-state index in [1.807, 2.05) is 0 Å². The third kappa shape index (κ3) is 7.84. The maximum Gasteiger partial charge on any atom is 0.456 e. The van der Waals surface area contributed by atoms with Crippen molar-refractivity contribution in [2.24, 2.45) is 0 Å². The fourth-order valence-corrected chi connectivity index (χ4v) is 1.90. The molecule has 1 unspecified atom stereocenters. The fourth-order valence-electron chi connectivity index (χ4n) is 0.594. The molecule has 3 N–H and O–H groups in total. The predicted octanol–water partition coefficient (Wildman–Crippen LogP) is -3.25. The highest BCUT2D eigenvalue weighted by Gasteiger charge is 2.31. The molecule has 8 nitrogen and oxygen atoms in total. The zero-order valence-electron chi connectivity index (χ0n) is 7.56. The van der Waals surface area contributed by atoms with Gasteiger partial charge < -0.3 is 28.0 Å². The van der Waals surface area contributed by atoms with E-state index in [0.717, 1.165) is 7.74 Å². The molecule has 1 atom stereocenters. The quantitative estimate of drug-likeness (QED) is 0.327. The molecule has 14 heavy (non-hydrogen) atoms. The Labute approximate surface area is 83.4 Å². The summed E-state index contributed by atoms with van der Waals surface area (Å²) < 4.78 is 33.6. The van der Waals surface area contributed by atoms with Crippen LogP contribution in [0.25, 0.3) is 0 Å². The molecular formula is H8B4O8P2. The van der Waals surface area contributed by atoms with E-state index >= 15 is 0 Å². The van der Waals surface area contributed by atoms with E-state index in [1.165, 1.54) is 7.74 Å². The number of hydrogen-bond donors (Lipinski definition) is 3. The normalized spacial score (nSPS) is 15.9. The van der Waals surface area contributed by atoms with E-state index in [0.29, 0.717) is 0 Å². The summed E-state index contributed by atoms with van der Waals surface area (Å²) in [5.74, 6) is 0. The van der Waals surface area contributed by atoms with Gasteiger partial charge in [-0.05, 0) is 0 Å². The molecule has 0 rings (SSSR count). The molecule has 0 saturated heterocycles. The molecule has 0 heterocycles. The van der Waals surface area contributed by atoms with Crippen LogP contribution in [-0.4, -0.2) is 44.5 Å². The highest BCUT2D eigenvalue weighted by molar-refractivity contribution is 7.52. The summed E-state index contributed by atoms with van der Waals surface area (Å²) in [6.45, 7) is 0. The Morgan fingerprint density at radius 2 is 1.71 bits per heavy atom.